The molecule has 0 heterocycles. The van der Waals surface area contributed by atoms with Gasteiger partial charge in [-0.15, -0.1) is 0 Å². The van der Waals surface area contributed by atoms with Crippen molar-refractivity contribution in [2.24, 2.45) is 5.92 Å². The third-order valence-corrected chi connectivity index (χ3v) is 5.42. The Morgan fingerprint density at radius 1 is 0.880 bits per heavy atom. The first-order valence-corrected chi connectivity index (χ1v) is 9.39. The zero-order valence-electron chi connectivity index (χ0n) is 14.8. The van der Waals surface area contributed by atoms with Crippen LogP contribution in [-0.4, -0.2) is 0 Å². The van der Waals surface area contributed by atoms with Gasteiger partial charge in [-0.3, -0.25) is 0 Å². The highest BCUT2D eigenvalue weighted by molar-refractivity contribution is 5.63. The summed E-state index contributed by atoms with van der Waals surface area (Å²) >= 11 is 0. The van der Waals surface area contributed by atoms with Crippen LogP contribution in [0.4, 0.5) is 4.39 Å². The standard InChI is InChI=1S/C24H27F/c1-2-3-4-5-6-19-7-9-20(10-8-19)21-11-13-22(14-12-21)23-15-17-24(25)18-16-23/h2-4,11-20H,1,5-10H2/b4-3+. The molecule has 0 bridgehead atoms. The van der Waals surface area contributed by atoms with Crippen molar-refractivity contribution in [3.8, 4) is 11.1 Å². The molecular weight excluding hydrogens is 307 g/mol. The van der Waals surface area contributed by atoms with Gasteiger partial charge < -0.3 is 0 Å². The van der Waals surface area contributed by atoms with Crippen LogP contribution in [0.15, 0.2) is 73.3 Å². The van der Waals surface area contributed by atoms with Gasteiger partial charge in [0.2, 0.25) is 0 Å². The van der Waals surface area contributed by atoms with Crippen LogP contribution in [0, 0.1) is 11.7 Å². The Morgan fingerprint density at radius 2 is 1.48 bits per heavy atom. The molecule has 2 aromatic rings. The molecule has 3 rings (SSSR count). The van der Waals surface area contributed by atoms with Crippen LogP contribution in [0.2, 0.25) is 0 Å². The minimum absolute atomic E-state index is 0.183. The van der Waals surface area contributed by atoms with Gasteiger partial charge in [0, 0.05) is 0 Å². The summed E-state index contributed by atoms with van der Waals surface area (Å²) < 4.78 is 13.0. The van der Waals surface area contributed by atoms with Gasteiger partial charge in [-0.2, -0.15) is 0 Å². The fourth-order valence-corrected chi connectivity index (χ4v) is 3.90. The van der Waals surface area contributed by atoms with E-state index in [2.05, 4.69) is 36.9 Å². The molecule has 0 amide bonds. The Balaban J connectivity index is 1.54. The van der Waals surface area contributed by atoms with Crippen LogP contribution >= 0.6 is 0 Å². The SMILES string of the molecule is C=C/C=C/CCC1CCC(c2ccc(-c3ccc(F)cc3)cc2)CC1. The number of hydrogen-bond acceptors (Lipinski definition) is 0. The smallest absolute Gasteiger partial charge is 0.123 e. The molecule has 0 N–H and O–H groups in total. The first-order chi connectivity index (χ1) is 12.3. The predicted molar refractivity (Wildman–Crippen MR) is 105 cm³/mol. The highest BCUT2D eigenvalue weighted by Gasteiger charge is 2.21. The fraction of sp³-hybridized carbons (Fsp3) is 0.333. The highest BCUT2D eigenvalue weighted by Crippen LogP contribution is 2.38. The largest absolute Gasteiger partial charge is 0.207 e. The Bertz CT molecular complexity index is 686. The van der Waals surface area contributed by atoms with Gasteiger partial charge in [-0.25, -0.2) is 4.39 Å². The molecule has 0 aliphatic heterocycles. The minimum atomic E-state index is -0.183. The molecular formula is C24H27F. The maximum Gasteiger partial charge on any atom is 0.123 e. The van der Waals surface area contributed by atoms with Crippen molar-refractivity contribution in [1.29, 1.82) is 0 Å². The van der Waals surface area contributed by atoms with Crippen molar-refractivity contribution in [3.63, 3.8) is 0 Å². The molecule has 1 aliphatic rings. The van der Waals surface area contributed by atoms with E-state index in [1.54, 1.807) is 0 Å². The van der Waals surface area contributed by atoms with Crippen molar-refractivity contribution >= 4 is 0 Å². The van der Waals surface area contributed by atoms with Crippen molar-refractivity contribution in [2.45, 2.75) is 44.4 Å². The predicted octanol–water partition coefficient (Wildman–Crippen LogP) is 7.29. The molecule has 1 saturated carbocycles. The highest BCUT2D eigenvalue weighted by atomic mass is 19.1. The van der Waals surface area contributed by atoms with E-state index < -0.39 is 0 Å². The summed E-state index contributed by atoms with van der Waals surface area (Å²) in [5.41, 5.74) is 3.69. The Kier molecular flexibility index (Phi) is 6.22. The quantitative estimate of drug-likeness (QED) is 0.487. The van der Waals surface area contributed by atoms with E-state index >= 15 is 0 Å². The monoisotopic (exact) mass is 334 g/mol. The van der Waals surface area contributed by atoms with Gasteiger partial charge in [-0.1, -0.05) is 61.2 Å². The molecule has 0 spiro atoms. The van der Waals surface area contributed by atoms with Gasteiger partial charge in [0.25, 0.3) is 0 Å². The average molecular weight is 334 g/mol. The van der Waals surface area contributed by atoms with Crippen LogP contribution in [-0.2, 0) is 0 Å². The molecule has 130 valence electrons. The first-order valence-electron chi connectivity index (χ1n) is 9.39. The average Bonchev–Trinajstić information content (AvgIpc) is 2.67. The molecule has 0 aromatic heterocycles. The summed E-state index contributed by atoms with van der Waals surface area (Å²) in [6.07, 6.45) is 13.9. The molecule has 0 nitrogen and oxygen atoms in total. The van der Waals surface area contributed by atoms with E-state index in [0.717, 1.165) is 17.0 Å². The molecule has 1 aliphatic carbocycles. The lowest BCUT2D eigenvalue weighted by atomic mass is 9.77. The number of hydrogen-bond donors (Lipinski definition) is 0. The van der Waals surface area contributed by atoms with E-state index in [4.69, 9.17) is 0 Å². The van der Waals surface area contributed by atoms with E-state index in [9.17, 15) is 4.39 Å². The Labute approximate surface area is 151 Å². The van der Waals surface area contributed by atoms with Crippen LogP contribution in [0.1, 0.15) is 50.0 Å². The molecule has 0 saturated heterocycles. The molecule has 0 unspecified atom stereocenters. The fourth-order valence-electron chi connectivity index (χ4n) is 3.90. The number of benzene rings is 2. The first kappa shape index (κ1) is 17.7. The normalized spacial score (nSPS) is 20.7. The van der Waals surface area contributed by atoms with Crippen molar-refractivity contribution in [3.05, 3.63) is 84.7 Å². The summed E-state index contributed by atoms with van der Waals surface area (Å²) in [5, 5.41) is 0. The van der Waals surface area contributed by atoms with E-state index in [1.807, 2.05) is 24.3 Å². The molecule has 0 atom stereocenters. The maximum atomic E-state index is 13.0. The van der Waals surface area contributed by atoms with Crippen molar-refractivity contribution < 1.29 is 4.39 Å². The lowest BCUT2D eigenvalue weighted by Gasteiger charge is -2.28. The molecule has 2 aromatic carbocycles. The van der Waals surface area contributed by atoms with E-state index in [0.29, 0.717) is 5.92 Å². The molecule has 1 heteroatoms. The third kappa shape index (κ3) is 4.92. The Hall–Kier alpha value is -2.15. The molecule has 0 radical (unpaired) electrons. The van der Waals surface area contributed by atoms with Gasteiger partial charge in [0.05, 0.1) is 0 Å². The Morgan fingerprint density at radius 3 is 2.08 bits per heavy atom. The molecule has 25 heavy (non-hydrogen) atoms. The van der Waals surface area contributed by atoms with E-state index in [1.165, 1.54) is 56.2 Å². The zero-order chi connectivity index (χ0) is 17.5. The molecule has 1 fully saturated rings. The second kappa shape index (κ2) is 8.80. The van der Waals surface area contributed by atoms with E-state index in [-0.39, 0.29) is 5.82 Å². The maximum absolute atomic E-state index is 13.0. The topological polar surface area (TPSA) is 0 Å². The number of rotatable bonds is 6. The summed E-state index contributed by atoms with van der Waals surface area (Å²) in [6.45, 7) is 3.71. The van der Waals surface area contributed by atoms with Crippen LogP contribution in [0.3, 0.4) is 0 Å². The lowest BCUT2D eigenvalue weighted by Crippen LogP contribution is -2.13. The van der Waals surface area contributed by atoms with Gasteiger partial charge in [0.1, 0.15) is 5.82 Å². The van der Waals surface area contributed by atoms with Gasteiger partial charge in [-0.05, 0) is 79.2 Å². The summed E-state index contributed by atoms with van der Waals surface area (Å²) in [4.78, 5) is 0. The minimum Gasteiger partial charge on any atom is -0.207 e. The second-order valence-electron chi connectivity index (χ2n) is 7.09. The summed E-state index contributed by atoms with van der Waals surface area (Å²) in [7, 11) is 0. The summed E-state index contributed by atoms with van der Waals surface area (Å²) in [6, 6.07) is 15.6. The zero-order valence-corrected chi connectivity index (χ0v) is 14.8. The van der Waals surface area contributed by atoms with Gasteiger partial charge >= 0.3 is 0 Å². The summed E-state index contributed by atoms with van der Waals surface area (Å²) in [5.74, 6) is 1.39. The third-order valence-electron chi connectivity index (χ3n) is 5.42. The lowest BCUT2D eigenvalue weighted by molar-refractivity contribution is 0.312. The van der Waals surface area contributed by atoms with Crippen LogP contribution in [0.5, 0.6) is 0 Å². The van der Waals surface area contributed by atoms with Crippen LogP contribution in [0.25, 0.3) is 11.1 Å². The van der Waals surface area contributed by atoms with Crippen LogP contribution < -0.4 is 0 Å². The van der Waals surface area contributed by atoms with Crippen molar-refractivity contribution in [2.75, 3.05) is 0 Å². The van der Waals surface area contributed by atoms with Crippen molar-refractivity contribution in [1.82, 2.24) is 0 Å². The second-order valence-corrected chi connectivity index (χ2v) is 7.09. The van der Waals surface area contributed by atoms with Gasteiger partial charge in [0.15, 0.2) is 0 Å². The number of halogens is 1. The number of allylic oxidation sites excluding steroid dienone is 3.